The minimum absolute atomic E-state index is 0.0458. The lowest BCUT2D eigenvalue weighted by molar-refractivity contribution is -0.150. The molecule has 1 fully saturated rings. The van der Waals surface area contributed by atoms with Gasteiger partial charge in [0.05, 0.1) is 23.3 Å². The third-order valence-corrected chi connectivity index (χ3v) is 14.1. The predicted molar refractivity (Wildman–Crippen MR) is 107 cm³/mol. The van der Waals surface area contributed by atoms with Crippen molar-refractivity contribution in [2.45, 2.75) is 50.5 Å². The summed E-state index contributed by atoms with van der Waals surface area (Å²) in [7, 11) is -1.87. The molecule has 0 bridgehead atoms. The number of ether oxygens (including phenoxy) is 1. The van der Waals surface area contributed by atoms with E-state index in [0.717, 1.165) is 5.56 Å². The molecule has 0 spiro atoms. The van der Waals surface area contributed by atoms with Crippen LogP contribution in [0.3, 0.4) is 0 Å². The standard InChI is InChI=1S/C19H31NO3Si2/c1-23-18(22)16-15(14-11-9-8-10-12-14)13-20(17(16)21)19(24(2,3)4)25(5,6)7/h8-12,15-16,19H,13H2,1-7H3/t15-,16-/m1/s1. The fourth-order valence-corrected chi connectivity index (χ4v) is 17.3. The Labute approximate surface area is 153 Å². The Bertz CT molecular complexity index is 620. The normalized spacial score (nSPS) is 21.8. The van der Waals surface area contributed by atoms with Crippen molar-refractivity contribution in [3.05, 3.63) is 35.9 Å². The van der Waals surface area contributed by atoms with Crippen LogP contribution in [0, 0.1) is 5.92 Å². The van der Waals surface area contributed by atoms with Crippen molar-refractivity contribution in [3.63, 3.8) is 0 Å². The Morgan fingerprint density at radius 3 is 2.04 bits per heavy atom. The molecule has 0 N–H and O–H groups in total. The van der Waals surface area contributed by atoms with Gasteiger partial charge in [0.15, 0.2) is 0 Å². The minimum atomic E-state index is -1.62. The van der Waals surface area contributed by atoms with E-state index in [9.17, 15) is 9.59 Å². The molecular formula is C19H31NO3Si2. The highest BCUT2D eigenvalue weighted by Gasteiger charge is 2.53. The molecule has 0 saturated carbocycles. The largest absolute Gasteiger partial charge is 0.468 e. The van der Waals surface area contributed by atoms with E-state index in [4.69, 9.17) is 4.74 Å². The second kappa shape index (κ2) is 7.07. The van der Waals surface area contributed by atoms with Gasteiger partial charge in [-0.05, 0) is 5.56 Å². The number of esters is 1. The van der Waals surface area contributed by atoms with Crippen LogP contribution in [0.5, 0.6) is 0 Å². The van der Waals surface area contributed by atoms with Crippen molar-refractivity contribution in [3.8, 4) is 0 Å². The number of likely N-dealkylation sites (tertiary alicyclic amines) is 1. The van der Waals surface area contributed by atoms with Gasteiger partial charge in [0, 0.05) is 17.8 Å². The molecule has 0 aliphatic carbocycles. The van der Waals surface area contributed by atoms with Crippen LogP contribution in [0.15, 0.2) is 30.3 Å². The van der Waals surface area contributed by atoms with Crippen LogP contribution in [0.4, 0.5) is 0 Å². The molecular weight excluding hydrogens is 346 g/mol. The fourth-order valence-electron chi connectivity index (χ4n) is 4.61. The molecule has 4 nitrogen and oxygen atoms in total. The Balaban J connectivity index is 2.48. The number of amides is 1. The molecule has 6 heteroatoms. The first-order chi connectivity index (χ1) is 11.5. The van der Waals surface area contributed by atoms with Crippen molar-refractivity contribution >= 4 is 28.0 Å². The average molecular weight is 378 g/mol. The van der Waals surface area contributed by atoms with Crippen molar-refractivity contribution in [1.82, 2.24) is 4.90 Å². The molecule has 0 radical (unpaired) electrons. The monoisotopic (exact) mass is 377 g/mol. The zero-order valence-corrected chi connectivity index (χ0v) is 18.5. The Kier molecular flexibility index (Phi) is 5.63. The molecule has 0 aromatic heterocycles. The number of hydrogen-bond acceptors (Lipinski definition) is 3. The van der Waals surface area contributed by atoms with E-state index in [1.807, 2.05) is 35.2 Å². The van der Waals surface area contributed by atoms with E-state index in [1.165, 1.54) is 7.11 Å². The van der Waals surface area contributed by atoms with Gasteiger partial charge in [-0.25, -0.2) is 0 Å². The van der Waals surface area contributed by atoms with Gasteiger partial charge in [0.2, 0.25) is 5.91 Å². The molecule has 1 aliphatic rings. The highest BCUT2D eigenvalue weighted by Crippen LogP contribution is 2.39. The third-order valence-electron chi connectivity index (χ3n) is 4.98. The highest BCUT2D eigenvalue weighted by atomic mass is 28.4. The van der Waals surface area contributed by atoms with Gasteiger partial charge in [-0.15, -0.1) is 0 Å². The Hall–Kier alpha value is -1.41. The average Bonchev–Trinajstić information content (AvgIpc) is 2.82. The summed E-state index contributed by atoms with van der Waals surface area (Å²) in [5.41, 5.74) is 1.04. The maximum Gasteiger partial charge on any atom is 0.318 e. The molecule has 1 aromatic carbocycles. The molecule has 1 saturated heterocycles. The predicted octanol–water partition coefficient (Wildman–Crippen LogP) is 3.53. The van der Waals surface area contributed by atoms with E-state index >= 15 is 0 Å². The zero-order valence-electron chi connectivity index (χ0n) is 16.5. The maximum atomic E-state index is 13.3. The van der Waals surface area contributed by atoms with Gasteiger partial charge >= 0.3 is 5.97 Å². The summed E-state index contributed by atoms with van der Waals surface area (Å²) in [5, 5.41) is 0.299. The van der Waals surface area contributed by atoms with Gasteiger partial charge in [-0.1, -0.05) is 69.6 Å². The van der Waals surface area contributed by atoms with Crippen molar-refractivity contribution < 1.29 is 14.3 Å². The second-order valence-corrected chi connectivity index (χ2v) is 20.3. The number of rotatable bonds is 5. The first-order valence-corrected chi connectivity index (χ1v) is 16.1. The van der Waals surface area contributed by atoms with Crippen molar-refractivity contribution in [2.75, 3.05) is 13.7 Å². The summed E-state index contributed by atoms with van der Waals surface area (Å²) >= 11 is 0. The van der Waals surface area contributed by atoms with Gasteiger partial charge in [-0.2, -0.15) is 0 Å². The fraction of sp³-hybridized carbons (Fsp3) is 0.579. The lowest BCUT2D eigenvalue weighted by Gasteiger charge is -2.44. The van der Waals surface area contributed by atoms with Gasteiger partial charge in [-0.3, -0.25) is 9.59 Å². The molecule has 1 heterocycles. The van der Waals surface area contributed by atoms with Gasteiger partial charge in [0.1, 0.15) is 5.92 Å². The van der Waals surface area contributed by atoms with E-state index in [2.05, 4.69) is 39.3 Å². The summed E-state index contributed by atoms with van der Waals surface area (Å²) in [5.74, 6) is -1.30. The van der Waals surface area contributed by atoms with Crippen LogP contribution in [0.1, 0.15) is 11.5 Å². The number of carbonyl (C=O) groups is 2. The summed E-state index contributed by atoms with van der Waals surface area (Å²) in [6, 6.07) is 9.90. The van der Waals surface area contributed by atoms with Crippen molar-refractivity contribution in [1.29, 1.82) is 0 Å². The summed E-state index contributed by atoms with van der Waals surface area (Å²) in [4.78, 5) is 27.8. The van der Waals surface area contributed by atoms with Crippen LogP contribution in [-0.2, 0) is 14.3 Å². The van der Waals surface area contributed by atoms with Crippen LogP contribution < -0.4 is 0 Å². The van der Waals surface area contributed by atoms with E-state index in [0.29, 0.717) is 11.8 Å². The van der Waals surface area contributed by atoms with E-state index < -0.39 is 28.0 Å². The molecule has 0 unspecified atom stereocenters. The van der Waals surface area contributed by atoms with E-state index in [1.54, 1.807) is 0 Å². The number of carbonyl (C=O) groups excluding carboxylic acids is 2. The SMILES string of the molecule is COC(=O)[C@H]1C(=O)N(C([Si](C)(C)C)[Si](C)(C)C)C[C@@H]1c1ccccc1. The van der Waals surface area contributed by atoms with Gasteiger partial charge in [0.25, 0.3) is 0 Å². The minimum Gasteiger partial charge on any atom is -0.468 e. The first-order valence-electron chi connectivity index (χ1n) is 8.91. The molecule has 1 aromatic rings. The smallest absolute Gasteiger partial charge is 0.318 e. The van der Waals surface area contributed by atoms with Crippen LogP contribution >= 0.6 is 0 Å². The summed E-state index contributed by atoms with van der Waals surface area (Å²) in [6.07, 6.45) is 0. The number of nitrogens with zero attached hydrogens (tertiary/aromatic N) is 1. The molecule has 1 aliphatic heterocycles. The summed E-state index contributed by atoms with van der Waals surface area (Å²) < 4.78 is 4.99. The highest BCUT2D eigenvalue weighted by molar-refractivity contribution is 6.96. The first kappa shape index (κ1) is 19.9. The Morgan fingerprint density at radius 1 is 1.08 bits per heavy atom. The summed E-state index contributed by atoms with van der Waals surface area (Å²) in [6.45, 7) is 14.6. The number of methoxy groups -OCH3 is 1. The maximum absolute atomic E-state index is 13.3. The number of hydrogen-bond donors (Lipinski definition) is 0. The third kappa shape index (κ3) is 4.06. The van der Waals surface area contributed by atoms with Crippen molar-refractivity contribution in [2.24, 2.45) is 5.92 Å². The molecule has 2 atom stereocenters. The second-order valence-electron chi connectivity index (χ2n) is 9.14. The van der Waals surface area contributed by atoms with Crippen LogP contribution in [0.25, 0.3) is 0 Å². The number of benzene rings is 1. The molecule has 2 rings (SSSR count). The quantitative estimate of drug-likeness (QED) is 0.448. The van der Waals surface area contributed by atoms with Crippen LogP contribution in [0.2, 0.25) is 39.3 Å². The topological polar surface area (TPSA) is 46.6 Å². The molecule has 25 heavy (non-hydrogen) atoms. The Morgan fingerprint density at radius 2 is 1.60 bits per heavy atom. The zero-order chi connectivity index (χ0) is 19.0. The lowest BCUT2D eigenvalue weighted by Crippen LogP contribution is -2.64. The molecule has 1 amide bonds. The van der Waals surface area contributed by atoms with Gasteiger partial charge < -0.3 is 9.64 Å². The molecule has 138 valence electrons. The lowest BCUT2D eigenvalue weighted by atomic mass is 9.89. The van der Waals surface area contributed by atoms with E-state index in [-0.39, 0.29) is 11.8 Å². The van der Waals surface area contributed by atoms with Crippen LogP contribution in [-0.4, -0.2) is 51.9 Å².